The van der Waals surface area contributed by atoms with E-state index in [1.54, 1.807) is 33.6 Å². The first-order valence-corrected chi connectivity index (χ1v) is 10.3. The summed E-state index contributed by atoms with van der Waals surface area (Å²) >= 11 is 0. The lowest BCUT2D eigenvalue weighted by Crippen LogP contribution is -1.89. The molecule has 0 aliphatic carbocycles. The molecule has 0 aliphatic heterocycles. The maximum absolute atomic E-state index is 13.7. The smallest absolute Gasteiger partial charge is 0.166 e. The van der Waals surface area contributed by atoms with Crippen molar-refractivity contribution in [3.63, 3.8) is 0 Å². The third-order valence-electron chi connectivity index (χ3n) is 5.34. The fraction of sp³-hybridized carbons (Fsp3) is 0. The number of aromatic nitrogens is 4. The Kier molecular flexibility index (Phi) is 5.55. The second-order valence-corrected chi connectivity index (χ2v) is 7.38. The normalized spacial score (nSPS) is 10.9. The second-order valence-electron chi connectivity index (χ2n) is 7.38. The fourth-order valence-electron chi connectivity index (χ4n) is 3.71. The summed E-state index contributed by atoms with van der Waals surface area (Å²) in [5.74, 6) is -3.38. The molecule has 0 spiro atoms. The number of fused-ring (bicyclic) bond motifs is 2. The van der Waals surface area contributed by atoms with Crippen LogP contribution in [0.2, 0.25) is 0 Å². The highest BCUT2D eigenvalue weighted by molar-refractivity contribution is 5.80. The van der Waals surface area contributed by atoms with Gasteiger partial charge in [0.25, 0.3) is 0 Å². The summed E-state index contributed by atoms with van der Waals surface area (Å²) in [5, 5.41) is 8.19. The number of nitrogens with zero attached hydrogens (tertiary/aromatic N) is 4. The van der Waals surface area contributed by atoms with Gasteiger partial charge in [-0.05, 0) is 36.4 Å². The molecule has 34 heavy (non-hydrogen) atoms. The zero-order chi connectivity index (χ0) is 23.7. The predicted octanol–water partition coefficient (Wildman–Crippen LogP) is 6.56. The molecule has 0 N–H and O–H groups in total. The molecular weight excluding hydrogens is 444 g/mol. The summed E-state index contributed by atoms with van der Waals surface area (Å²) in [6.45, 7) is 0. The Bertz CT molecular complexity index is 1500. The third kappa shape index (κ3) is 3.79. The molecule has 0 saturated heterocycles. The molecule has 4 aromatic heterocycles. The van der Waals surface area contributed by atoms with E-state index in [1.165, 1.54) is 24.5 Å². The van der Waals surface area contributed by atoms with Crippen LogP contribution in [-0.2, 0) is 0 Å². The molecule has 6 rings (SSSR count). The Morgan fingerprint density at radius 2 is 0.912 bits per heavy atom. The standard InChI is InChI=1S/2C13H8F2N2/c2*14-11-5-3-4-9(13(11)15)10-8-16-17-7-2-1-6-12(10)17/h2*1-8H. The number of hydrogen-bond acceptors (Lipinski definition) is 2. The average molecular weight is 460 g/mol. The van der Waals surface area contributed by atoms with Crippen molar-refractivity contribution >= 4 is 11.0 Å². The summed E-state index contributed by atoms with van der Waals surface area (Å²) < 4.78 is 56.9. The minimum absolute atomic E-state index is 0.228. The van der Waals surface area contributed by atoms with Crippen LogP contribution in [0.15, 0.2) is 97.6 Å². The predicted molar refractivity (Wildman–Crippen MR) is 121 cm³/mol. The van der Waals surface area contributed by atoms with Gasteiger partial charge in [0.05, 0.1) is 23.4 Å². The van der Waals surface area contributed by atoms with Crippen molar-refractivity contribution in [1.82, 2.24) is 19.2 Å². The minimum Gasteiger partial charge on any atom is -0.240 e. The van der Waals surface area contributed by atoms with Gasteiger partial charge in [-0.25, -0.2) is 26.6 Å². The van der Waals surface area contributed by atoms with Crippen LogP contribution >= 0.6 is 0 Å². The van der Waals surface area contributed by atoms with Gasteiger partial charge in [-0.1, -0.05) is 36.4 Å². The van der Waals surface area contributed by atoms with Crippen molar-refractivity contribution in [1.29, 1.82) is 0 Å². The first-order chi connectivity index (χ1) is 16.5. The van der Waals surface area contributed by atoms with Gasteiger partial charge < -0.3 is 0 Å². The van der Waals surface area contributed by atoms with E-state index in [9.17, 15) is 17.6 Å². The van der Waals surface area contributed by atoms with Gasteiger partial charge >= 0.3 is 0 Å². The largest absolute Gasteiger partial charge is 0.240 e. The van der Waals surface area contributed by atoms with Crippen molar-refractivity contribution in [2.24, 2.45) is 0 Å². The fourth-order valence-corrected chi connectivity index (χ4v) is 3.71. The monoisotopic (exact) mass is 460 g/mol. The summed E-state index contributed by atoms with van der Waals surface area (Å²) in [6.07, 6.45) is 6.59. The molecule has 0 unspecified atom stereocenters. The van der Waals surface area contributed by atoms with E-state index in [1.807, 2.05) is 36.4 Å². The topological polar surface area (TPSA) is 34.6 Å². The number of pyridine rings is 2. The van der Waals surface area contributed by atoms with Crippen molar-refractivity contribution in [3.05, 3.63) is 121 Å². The maximum Gasteiger partial charge on any atom is 0.166 e. The Balaban J connectivity index is 0.000000142. The molecule has 4 nitrogen and oxygen atoms in total. The molecule has 4 heterocycles. The third-order valence-corrected chi connectivity index (χ3v) is 5.34. The molecule has 0 saturated carbocycles. The Hall–Kier alpha value is -4.46. The van der Waals surface area contributed by atoms with E-state index in [0.29, 0.717) is 11.1 Å². The number of hydrogen-bond donors (Lipinski definition) is 0. The summed E-state index contributed by atoms with van der Waals surface area (Å²) in [5.41, 5.74) is 3.12. The van der Waals surface area contributed by atoms with E-state index in [4.69, 9.17) is 0 Å². The van der Waals surface area contributed by atoms with Crippen LogP contribution in [0, 0.1) is 23.3 Å². The maximum atomic E-state index is 13.7. The molecule has 0 fully saturated rings. The lowest BCUT2D eigenvalue weighted by Gasteiger charge is -2.01. The molecule has 0 radical (unpaired) electrons. The highest BCUT2D eigenvalue weighted by Gasteiger charge is 2.14. The zero-order valence-electron chi connectivity index (χ0n) is 17.5. The Morgan fingerprint density at radius 1 is 0.471 bits per heavy atom. The molecule has 0 amide bonds. The highest BCUT2D eigenvalue weighted by atomic mass is 19.2. The van der Waals surface area contributed by atoms with E-state index < -0.39 is 23.3 Å². The van der Waals surface area contributed by atoms with Gasteiger partial charge in [0.1, 0.15) is 0 Å². The molecule has 8 heteroatoms. The van der Waals surface area contributed by atoms with E-state index in [-0.39, 0.29) is 11.1 Å². The molecular formula is C26H16F4N4. The van der Waals surface area contributed by atoms with E-state index in [0.717, 1.165) is 23.2 Å². The molecule has 0 atom stereocenters. The van der Waals surface area contributed by atoms with Crippen molar-refractivity contribution < 1.29 is 17.6 Å². The average Bonchev–Trinajstić information content (AvgIpc) is 3.48. The lowest BCUT2D eigenvalue weighted by molar-refractivity contribution is 0.511. The summed E-state index contributed by atoms with van der Waals surface area (Å²) in [7, 11) is 0. The quantitative estimate of drug-likeness (QED) is 0.274. The van der Waals surface area contributed by atoms with Crippen LogP contribution < -0.4 is 0 Å². The summed E-state index contributed by atoms with van der Waals surface area (Å²) in [6, 6.07) is 19.2. The van der Waals surface area contributed by atoms with Crippen LogP contribution in [0.4, 0.5) is 17.6 Å². The minimum atomic E-state index is -0.849. The number of benzene rings is 2. The van der Waals surface area contributed by atoms with Crippen LogP contribution in [0.5, 0.6) is 0 Å². The van der Waals surface area contributed by atoms with Crippen LogP contribution in [0.1, 0.15) is 0 Å². The first-order valence-electron chi connectivity index (χ1n) is 10.3. The van der Waals surface area contributed by atoms with Crippen LogP contribution in [0.3, 0.4) is 0 Å². The van der Waals surface area contributed by atoms with Crippen molar-refractivity contribution in [3.8, 4) is 22.3 Å². The zero-order valence-corrected chi connectivity index (χ0v) is 17.5. The SMILES string of the molecule is Fc1cccc(-c2cnn3ccccc23)c1F.Fc1cccc(-c2cnn3ccccc23)c1F. The molecule has 168 valence electrons. The van der Waals surface area contributed by atoms with Gasteiger partial charge in [0.15, 0.2) is 23.3 Å². The van der Waals surface area contributed by atoms with Gasteiger partial charge in [-0.15, -0.1) is 0 Å². The van der Waals surface area contributed by atoms with Crippen LogP contribution in [-0.4, -0.2) is 19.2 Å². The van der Waals surface area contributed by atoms with Gasteiger partial charge in [-0.3, -0.25) is 0 Å². The summed E-state index contributed by atoms with van der Waals surface area (Å²) in [4.78, 5) is 0. The van der Waals surface area contributed by atoms with Gasteiger partial charge in [0.2, 0.25) is 0 Å². The van der Waals surface area contributed by atoms with E-state index in [2.05, 4.69) is 10.2 Å². The van der Waals surface area contributed by atoms with Gasteiger partial charge in [-0.2, -0.15) is 10.2 Å². The number of rotatable bonds is 2. The highest BCUT2D eigenvalue weighted by Crippen LogP contribution is 2.29. The van der Waals surface area contributed by atoms with Gasteiger partial charge in [0, 0.05) is 34.6 Å². The molecule has 2 aromatic carbocycles. The van der Waals surface area contributed by atoms with Crippen molar-refractivity contribution in [2.75, 3.05) is 0 Å². The molecule has 6 aromatic rings. The van der Waals surface area contributed by atoms with E-state index >= 15 is 0 Å². The van der Waals surface area contributed by atoms with Crippen LogP contribution in [0.25, 0.3) is 33.3 Å². The first kappa shape index (κ1) is 21.4. The number of halogens is 4. The lowest BCUT2D eigenvalue weighted by atomic mass is 10.1. The Morgan fingerprint density at radius 3 is 1.35 bits per heavy atom. The second kappa shape index (κ2) is 8.82. The van der Waals surface area contributed by atoms with Crippen molar-refractivity contribution in [2.45, 2.75) is 0 Å². The molecule has 0 aliphatic rings. The Labute approximate surface area is 191 Å². The molecule has 0 bridgehead atoms.